The molecule has 1 aromatic carbocycles. The summed E-state index contributed by atoms with van der Waals surface area (Å²) in [5, 5.41) is 5.57. The standard InChI is InChI=1S/C16H16ClN3O3S2/c1-19-9-12(8-18-19)14-10-20(4-5-23-14)25(21,22)16-7-11-6-13(17)2-3-15(11)24-16/h2-3,6-9,14H,4-5,10H2,1H3/t14-/m0/s1. The van der Waals surface area contributed by atoms with Crippen LogP contribution in [0, 0.1) is 0 Å². The van der Waals surface area contributed by atoms with E-state index < -0.39 is 10.0 Å². The number of hydrogen-bond acceptors (Lipinski definition) is 5. The first-order valence-corrected chi connectivity index (χ1v) is 10.4. The molecule has 2 aromatic heterocycles. The summed E-state index contributed by atoms with van der Waals surface area (Å²) in [5.74, 6) is 0. The first-order chi connectivity index (χ1) is 11.9. The summed E-state index contributed by atoms with van der Waals surface area (Å²) in [6.45, 7) is 0.979. The maximum atomic E-state index is 13.1. The first-order valence-electron chi connectivity index (χ1n) is 7.73. The van der Waals surface area contributed by atoms with Gasteiger partial charge in [0.1, 0.15) is 4.21 Å². The molecule has 9 heteroatoms. The lowest BCUT2D eigenvalue weighted by Crippen LogP contribution is -2.41. The van der Waals surface area contributed by atoms with Crippen molar-refractivity contribution in [1.82, 2.24) is 14.1 Å². The fraction of sp³-hybridized carbons (Fsp3) is 0.312. The van der Waals surface area contributed by atoms with E-state index in [4.69, 9.17) is 16.3 Å². The van der Waals surface area contributed by atoms with Gasteiger partial charge in [0.05, 0.1) is 18.9 Å². The zero-order valence-electron chi connectivity index (χ0n) is 13.4. The van der Waals surface area contributed by atoms with Gasteiger partial charge in [-0.2, -0.15) is 9.40 Å². The molecular formula is C16H16ClN3O3S2. The second-order valence-corrected chi connectivity index (χ2v) is 9.60. The molecule has 1 atom stereocenters. The van der Waals surface area contributed by atoms with E-state index in [9.17, 15) is 8.42 Å². The van der Waals surface area contributed by atoms with Gasteiger partial charge in [-0.25, -0.2) is 8.42 Å². The minimum atomic E-state index is -3.57. The van der Waals surface area contributed by atoms with Crippen molar-refractivity contribution in [2.45, 2.75) is 10.3 Å². The molecule has 0 unspecified atom stereocenters. The number of aromatic nitrogens is 2. The van der Waals surface area contributed by atoms with E-state index >= 15 is 0 Å². The van der Waals surface area contributed by atoms with Crippen LogP contribution in [-0.2, 0) is 21.8 Å². The Morgan fingerprint density at radius 2 is 2.20 bits per heavy atom. The third-order valence-corrected chi connectivity index (χ3v) is 7.84. The number of morpholine rings is 1. The Morgan fingerprint density at radius 1 is 1.36 bits per heavy atom. The lowest BCUT2D eigenvalue weighted by atomic mass is 10.2. The molecule has 0 radical (unpaired) electrons. The molecule has 3 aromatic rings. The zero-order chi connectivity index (χ0) is 17.6. The van der Waals surface area contributed by atoms with Crippen molar-refractivity contribution in [3.05, 3.63) is 47.2 Å². The summed E-state index contributed by atoms with van der Waals surface area (Å²) in [6.07, 6.45) is 3.26. The van der Waals surface area contributed by atoms with E-state index in [-0.39, 0.29) is 12.6 Å². The van der Waals surface area contributed by atoms with Crippen molar-refractivity contribution < 1.29 is 13.2 Å². The van der Waals surface area contributed by atoms with Crippen molar-refractivity contribution in [2.24, 2.45) is 7.05 Å². The fourth-order valence-corrected chi connectivity index (χ4v) is 6.03. The van der Waals surface area contributed by atoms with Crippen LogP contribution in [0.5, 0.6) is 0 Å². The van der Waals surface area contributed by atoms with Gasteiger partial charge in [0.2, 0.25) is 0 Å². The van der Waals surface area contributed by atoms with Crippen LogP contribution in [0.15, 0.2) is 40.9 Å². The monoisotopic (exact) mass is 397 g/mol. The van der Waals surface area contributed by atoms with Crippen LogP contribution in [0.4, 0.5) is 0 Å². The highest BCUT2D eigenvalue weighted by molar-refractivity contribution is 7.91. The SMILES string of the molecule is Cn1cc([C@@H]2CN(S(=O)(=O)c3cc4cc(Cl)ccc4s3)CCO2)cn1. The summed E-state index contributed by atoms with van der Waals surface area (Å²) in [4.78, 5) is 0. The molecule has 25 heavy (non-hydrogen) atoms. The van der Waals surface area contributed by atoms with Crippen molar-refractivity contribution in [2.75, 3.05) is 19.7 Å². The maximum absolute atomic E-state index is 13.1. The quantitative estimate of drug-likeness (QED) is 0.681. The van der Waals surface area contributed by atoms with Gasteiger partial charge in [-0.05, 0) is 29.7 Å². The number of rotatable bonds is 3. The van der Waals surface area contributed by atoms with Crippen LogP contribution in [-0.4, -0.2) is 42.2 Å². The number of benzene rings is 1. The second kappa shape index (κ2) is 6.37. The Labute approximate surface area is 154 Å². The first kappa shape index (κ1) is 17.0. The van der Waals surface area contributed by atoms with Gasteiger partial charge in [-0.3, -0.25) is 4.68 Å². The largest absolute Gasteiger partial charge is 0.371 e. The molecule has 0 bridgehead atoms. The topological polar surface area (TPSA) is 64.4 Å². The van der Waals surface area contributed by atoms with Crippen LogP contribution in [0.25, 0.3) is 10.1 Å². The summed E-state index contributed by atoms with van der Waals surface area (Å²) in [5.41, 5.74) is 0.880. The molecule has 6 nitrogen and oxygen atoms in total. The van der Waals surface area contributed by atoms with Crippen molar-refractivity contribution in [1.29, 1.82) is 0 Å². The van der Waals surface area contributed by atoms with E-state index in [1.54, 1.807) is 29.1 Å². The maximum Gasteiger partial charge on any atom is 0.252 e. The zero-order valence-corrected chi connectivity index (χ0v) is 15.8. The molecular weight excluding hydrogens is 382 g/mol. The van der Waals surface area contributed by atoms with Crippen molar-refractivity contribution in [3.8, 4) is 0 Å². The fourth-order valence-electron chi connectivity index (χ4n) is 2.90. The Morgan fingerprint density at radius 3 is 2.96 bits per heavy atom. The van der Waals surface area contributed by atoms with Crippen LogP contribution < -0.4 is 0 Å². The third-order valence-electron chi connectivity index (χ3n) is 4.18. The predicted octanol–water partition coefficient (Wildman–Crippen LogP) is 3.05. The van der Waals surface area contributed by atoms with E-state index in [2.05, 4.69) is 5.10 Å². The predicted molar refractivity (Wildman–Crippen MR) is 97.5 cm³/mol. The second-order valence-electron chi connectivity index (χ2n) is 5.92. The molecule has 0 amide bonds. The van der Waals surface area contributed by atoms with Gasteiger partial charge in [-0.1, -0.05) is 11.6 Å². The van der Waals surface area contributed by atoms with Gasteiger partial charge in [0, 0.05) is 41.6 Å². The van der Waals surface area contributed by atoms with Crippen LogP contribution in [0.1, 0.15) is 11.7 Å². The van der Waals surface area contributed by atoms with Gasteiger partial charge < -0.3 is 4.74 Å². The van der Waals surface area contributed by atoms with E-state index in [0.29, 0.717) is 22.4 Å². The van der Waals surface area contributed by atoms with Crippen molar-refractivity contribution >= 4 is 43.0 Å². The number of hydrogen-bond donors (Lipinski definition) is 0. The Kier molecular flexibility index (Phi) is 4.33. The Hall–Kier alpha value is -1.45. The minimum Gasteiger partial charge on any atom is -0.371 e. The molecule has 3 heterocycles. The Balaban J connectivity index is 1.64. The number of fused-ring (bicyclic) bond motifs is 1. The average Bonchev–Trinajstić information content (AvgIpc) is 3.21. The van der Waals surface area contributed by atoms with Crippen LogP contribution in [0.3, 0.4) is 0 Å². The molecule has 0 saturated carbocycles. The molecule has 132 valence electrons. The van der Waals surface area contributed by atoms with E-state index in [0.717, 1.165) is 15.6 Å². The van der Waals surface area contributed by atoms with Gasteiger partial charge in [0.15, 0.2) is 0 Å². The summed E-state index contributed by atoms with van der Waals surface area (Å²) < 4.78 is 36.2. The highest BCUT2D eigenvalue weighted by Gasteiger charge is 2.33. The number of thiophene rings is 1. The normalized spacial score (nSPS) is 19.5. The average molecular weight is 398 g/mol. The van der Waals surface area contributed by atoms with Gasteiger partial charge in [0.25, 0.3) is 10.0 Å². The molecule has 0 spiro atoms. The molecule has 1 aliphatic rings. The molecule has 1 aliphatic heterocycles. The highest BCUT2D eigenvalue weighted by Crippen LogP contribution is 2.34. The van der Waals surface area contributed by atoms with E-state index in [1.807, 2.05) is 19.3 Å². The molecule has 4 rings (SSSR count). The number of aryl methyl sites for hydroxylation is 1. The molecule has 0 aliphatic carbocycles. The van der Waals surface area contributed by atoms with Crippen LogP contribution >= 0.6 is 22.9 Å². The number of halogens is 1. The summed E-state index contributed by atoms with van der Waals surface area (Å²) in [6, 6.07) is 7.09. The Bertz CT molecular complexity index is 1030. The number of ether oxygens (including phenoxy) is 1. The lowest BCUT2D eigenvalue weighted by Gasteiger charge is -2.31. The number of nitrogens with zero attached hydrogens (tertiary/aromatic N) is 3. The van der Waals surface area contributed by atoms with E-state index in [1.165, 1.54) is 15.6 Å². The number of sulfonamides is 1. The minimum absolute atomic E-state index is 0.281. The molecule has 0 N–H and O–H groups in total. The van der Waals surface area contributed by atoms with Crippen molar-refractivity contribution in [3.63, 3.8) is 0 Å². The third kappa shape index (κ3) is 3.20. The smallest absolute Gasteiger partial charge is 0.252 e. The summed E-state index contributed by atoms with van der Waals surface area (Å²) in [7, 11) is -1.75. The van der Waals surface area contributed by atoms with Gasteiger partial charge >= 0.3 is 0 Å². The molecule has 1 fully saturated rings. The van der Waals surface area contributed by atoms with Crippen LogP contribution in [0.2, 0.25) is 5.02 Å². The van der Waals surface area contributed by atoms with Gasteiger partial charge in [-0.15, -0.1) is 11.3 Å². The lowest BCUT2D eigenvalue weighted by molar-refractivity contribution is -0.00253. The summed E-state index contributed by atoms with van der Waals surface area (Å²) >= 11 is 7.26. The highest BCUT2D eigenvalue weighted by atomic mass is 35.5. The molecule has 1 saturated heterocycles.